The van der Waals surface area contributed by atoms with Crippen molar-refractivity contribution in [3.63, 3.8) is 0 Å². The average molecular weight is 478 g/mol. The molecule has 0 fully saturated rings. The number of carbonyl (C=O) groups is 2. The van der Waals surface area contributed by atoms with E-state index in [0.29, 0.717) is 6.42 Å². The van der Waals surface area contributed by atoms with Gasteiger partial charge < -0.3 is 10.2 Å². The fourth-order valence-corrected chi connectivity index (χ4v) is 4.23. The highest BCUT2D eigenvalue weighted by atomic mass is 32.2. The van der Waals surface area contributed by atoms with Crippen molar-refractivity contribution < 1.29 is 22.4 Å². The van der Waals surface area contributed by atoms with Crippen LogP contribution >= 0.6 is 0 Å². The van der Waals surface area contributed by atoms with E-state index in [2.05, 4.69) is 5.32 Å². The molecular weight excluding hydrogens is 445 g/mol. The first-order valence-corrected chi connectivity index (χ1v) is 12.8. The molecule has 0 radical (unpaired) electrons. The SMILES string of the molecule is CC[C@@H](C)NC(=O)[C@@H](CC)N(Cc1ccccc1)C(=O)CN(c1cccc(F)c1)S(C)(=O)=O. The van der Waals surface area contributed by atoms with E-state index in [9.17, 15) is 22.4 Å². The van der Waals surface area contributed by atoms with Crippen molar-refractivity contribution in [2.75, 3.05) is 17.1 Å². The Morgan fingerprint density at radius 2 is 1.70 bits per heavy atom. The summed E-state index contributed by atoms with van der Waals surface area (Å²) < 4.78 is 39.6. The van der Waals surface area contributed by atoms with Gasteiger partial charge in [-0.15, -0.1) is 0 Å². The molecule has 2 aromatic rings. The molecule has 33 heavy (non-hydrogen) atoms. The summed E-state index contributed by atoms with van der Waals surface area (Å²) in [5.74, 6) is -1.47. The normalized spacial score (nSPS) is 13.1. The van der Waals surface area contributed by atoms with Crippen LogP contribution < -0.4 is 9.62 Å². The van der Waals surface area contributed by atoms with Crippen LogP contribution in [-0.4, -0.2) is 50.0 Å². The minimum Gasteiger partial charge on any atom is -0.352 e. The van der Waals surface area contributed by atoms with Gasteiger partial charge in [0.15, 0.2) is 0 Å². The van der Waals surface area contributed by atoms with Crippen LogP contribution in [0.25, 0.3) is 0 Å². The molecule has 2 amide bonds. The topological polar surface area (TPSA) is 86.8 Å². The summed E-state index contributed by atoms with van der Waals surface area (Å²) in [4.78, 5) is 27.9. The van der Waals surface area contributed by atoms with Gasteiger partial charge in [0.1, 0.15) is 18.4 Å². The average Bonchev–Trinajstić information content (AvgIpc) is 2.76. The van der Waals surface area contributed by atoms with E-state index in [4.69, 9.17) is 0 Å². The summed E-state index contributed by atoms with van der Waals surface area (Å²) in [6.07, 6.45) is 2.04. The number of hydrogen-bond donors (Lipinski definition) is 1. The number of nitrogens with zero attached hydrogens (tertiary/aromatic N) is 2. The van der Waals surface area contributed by atoms with Gasteiger partial charge in [0.2, 0.25) is 21.8 Å². The lowest BCUT2D eigenvalue weighted by molar-refractivity contribution is -0.140. The van der Waals surface area contributed by atoms with Crippen LogP contribution in [0.15, 0.2) is 54.6 Å². The summed E-state index contributed by atoms with van der Waals surface area (Å²) in [6.45, 7) is 5.20. The highest BCUT2D eigenvalue weighted by molar-refractivity contribution is 7.92. The van der Waals surface area contributed by atoms with Crippen LogP contribution in [0.1, 0.15) is 39.2 Å². The first-order valence-electron chi connectivity index (χ1n) is 10.9. The van der Waals surface area contributed by atoms with Gasteiger partial charge >= 0.3 is 0 Å². The summed E-state index contributed by atoms with van der Waals surface area (Å²) in [6, 6.07) is 13.4. The maximum atomic E-state index is 13.8. The number of hydrogen-bond acceptors (Lipinski definition) is 4. The van der Waals surface area contributed by atoms with Gasteiger partial charge in [0.25, 0.3) is 0 Å². The quantitative estimate of drug-likeness (QED) is 0.538. The van der Waals surface area contributed by atoms with E-state index in [0.717, 1.165) is 28.6 Å². The van der Waals surface area contributed by atoms with E-state index in [1.54, 1.807) is 6.92 Å². The van der Waals surface area contributed by atoms with Crippen LogP contribution in [0.5, 0.6) is 0 Å². The van der Waals surface area contributed by atoms with Crippen molar-refractivity contribution in [1.29, 1.82) is 0 Å². The lowest BCUT2D eigenvalue weighted by Crippen LogP contribution is -2.53. The van der Waals surface area contributed by atoms with Crippen molar-refractivity contribution in [3.05, 3.63) is 66.0 Å². The molecule has 0 saturated heterocycles. The van der Waals surface area contributed by atoms with E-state index in [1.807, 2.05) is 44.2 Å². The number of sulfonamides is 1. The van der Waals surface area contributed by atoms with Crippen LogP contribution in [0, 0.1) is 5.82 Å². The maximum Gasteiger partial charge on any atom is 0.244 e. The molecule has 0 aliphatic heterocycles. The number of nitrogens with one attached hydrogen (secondary N) is 1. The van der Waals surface area contributed by atoms with Crippen LogP contribution in [-0.2, 0) is 26.2 Å². The predicted octanol–water partition coefficient (Wildman–Crippen LogP) is 3.31. The van der Waals surface area contributed by atoms with Crippen molar-refractivity contribution in [1.82, 2.24) is 10.2 Å². The zero-order valence-electron chi connectivity index (χ0n) is 19.5. The molecule has 0 unspecified atom stereocenters. The lowest BCUT2D eigenvalue weighted by Gasteiger charge is -2.33. The standard InChI is InChI=1S/C24H32FN3O4S/c1-5-18(3)26-24(30)22(6-2)27(16-19-11-8-7-9-12-19)23(29)17-28(33(4,31)32)21-14-10-13-20(25)15-21/h7-15,18,22H,5-6,16-17H2,1-4H3,(H,26,30)/t18-,22-/m1/s1. The summed E-state index contributed by atoms with van der Waals surface area (Å²) in [5.41, 5.74) is 0.847. The van der Waals surface area contributed by atoms with E-state index in [1.165, 1.54) is 23.1 Å². The molecule has 0 saturated carbocycles. The number of halogens is 1. The van der Waals surface area contributed by atoms with Gasteiger partial charge in [-0.05, 0) is 43.5 Å². The van der Waals surface area contributed by atoms with Crippen LogP contribution in [0.3, 0.4) is 0 Å². The smallest absolute Gasteiger partial charge is 0.244 e. The molecule has 1 N–H and O–H groups in total. The lowest BCUT2D eigenvalue weighted by atomic mass is 10.1. The molecule has 2 atom stereocenters. The number of benzene rings is 2. The minimum atomic E-state index is -3.89. The minimum absolute atomic E-state index is 0.0441. The van der Waals surface area contributed by atoms with Crippen molar-refractivity contribution in [3.8, 4) is 0 Å². The Morgan fingerprint density at radius 1 is 1.03 bits per heavy atom. The van der Waals surface area contributed by atoms with E-state index in [-0.39, 0.29) is 24.2 Å². The number of rotatable bonds is 11. The number of amides is 2. The predicted molar refractivity (Wildman–Crippen MR) is 128 cm³/mol. The first-order chi connectivity index (χ1) is 15.6. The molecule has 7 nitrogen and oxygen atoms in total. The molecule has 2 rings (SSSR count). The second-order valence-electron chi connectivity index (χ2n) is 8.00. The van der Waals surface area contributed by atoms with Gasteiger partial charge in [0.05, 0.1) is 11.9 Å². The third-order valence-electron chi connectivity index (χ3n) is 5.36. The Balaban J connectivity index is 2.41. The van der Waals surface area contributed by atoms with Gasteiger partial charge in [-0.25, -0.2) is 12.8 Å². The zero-order chi connectivity index (χ0) is 24.6. The Kier molecular flexibility index (Phi) is 9.40. The van der Waals surface area contributed by atoms with Crippen molar-refractivity contribution in [2.24, 2.45) is 0 Å². The van der Waals surface area contributed by atoms with Crippen molar-refractivity contribution in [2.45, 2.75) is 52.2 Å². The molecule has 180 valence electrons. The highest BCUT2D eigenvalue weighted by Gasteiger charge is 2.32. The third-order valence-corrected chi connectivity index (χ3v) is 6.50. The fraction of sp³-hybridized carbons (Fsp3) is 0.417. The Labute approximate surface area is 195 Å². The molecule has 9 heteroatoms. The highest BCUT2D eigenvalue weighted by Crippen LogP contribution is 2.20. The van der Waals surface area contributed by atoms with E-state index >= 15 is 0 Å². The third kappa shape index (κ3) is 7.56. The summed E-state index contributed by atoms with van der Waals surface area (Å²) >= 11 is 0. The zero-order valence-corrected chi connectivity index (χ0v) is 20.3. The van der Waals surface area contributed by atoms with Gasteiger partial charge in [-0.1, -0.05) is 50.2 Å². The second kappa shape index (κ2) is 11.8. The van der Waals surface area contributed by atoms with Crippen LogP contribution in [0.4, 0.5) is 10.1 Å². The number of carbonyl (C=O) groups excluding carboxylic acids is 2. The van der Waals surface area contributed by atoms with Crippen LogP contribution in [0.2, 0.25) is 0 Å². The monoisotopic (exact) mass is 477 g/mol. The molecule has 0 aromatic heterocycles. The Bertz CT molecular complexity index is 1050. The molecule has 0 aliphatic carbocycles. The maximum absolute atomic E-state index is 13.8. The summed E-state index contributed by atoms with van der Waals surface area (Å²) in [7, 11) is -3.89. The Morgan fingerprint density at radius 3 is 2.24 bits per heavy atom. The van der Waals surface area contributed by atoms with E-state index < -0.39 is 34.3 Å². The molecular formula is C24H32FN3O4S. The van der Waals surface area contributed by atoms with Gasteiger partial charge in [0, 0.05) is 12.6 Å². The first kappa shape index (κ1) is 26.3. The molecule has 0 spiro atoms. The van der Waals surface area contributed by atoms with Gasteiger partial charge in [-0.2, -0.15) is 0 Å². The fourth-order valence-electron chi connectivity index (χ4n) is 3.39. The Hall–Kier alpha value is -2.94. The molecule has 0 bridgehead atoms. The number of anilines is 1. The second-order valence-corrected chi connectivity index (χ2v) is 9.91. The van der Waals surface area contributed by atoms with Gasteiger partial charge in [-0.3, -0.25) is 13.9 Å². The molecule has 0 heterocycles. The summed E-state index contributed by atoms with van der Waals surface area (Å²) in [5, 5.41) is 2.91. The van der Waals surface area contributed by atoms with Crippen molar-refractivity contribution >= 4 is 27.5 Å². The largest absolute Gasteiger partial charge is 0.352 e. The molecule has 0 aliphatic rings. The molecule has 2 aromatic carbocycles.